The van der Waals surface area contributed by atoms with Crippen LogP contribution in [0.1, 0.15) is 26.7 Å². The van der Waals surface area contributed by atoms with Gasteiger partial charge in [-0.1, -0.05) is 39.7 Å². The van der Waals surface area contributed by atoms with Gasteiger partial charge >= 0.3 is 0 Å². The first-order valence-corrected chi connectivity index (χ1v) is 8.76. The Kier molecular flexibility index (Phi) is 5.52. The molecule has 0 radical (unpaired) electrons. The largest absolute Gasteiger partial charge is 0.398 e. The summed E-state index contributed by atoms with van der Waals surface area (Å²) in [6, 6.07) is 12.4. The second-order valence-electron chi connectivity index (χ2n) is 4.51. The van der Waals surface area contributed by atoms with Crippen LogP contribution in [0.2, 0.25) is 5.02 Å². The lowest BCUT2D eigenvalue weighted by Gasteiger charge is -2.13. The van der Waals surface area contributed by atoms with Gasteiger partial charge in [0.2, 0.25) is 0 Å². The van der Waals surface area contributed by atoms with E-state index in [0.29, 0.717) is 27.4 Å². The molecule has 0 spiro atoms. The van der Waals surface area contributed by atoms with Crippen molar-refractivity contribution in [3.05, 3.63) is 62.6 Å². The van der Waals surface area contributed by atoms with Crippen molar-refractivity contribution in [3.8, 4) is 6.07 Å². The van der Waals surface area contributed by atoms with Crippen LogP contribution in [-0.4, -0.2) is 12.0 Å². The molecule has 0 aliphatic carbocycles. The van der Waals surface area contributed by atoms with Gasteiger partial charge in [-0.25, -0.2) is 0 Å². The molecule has 1 atom stereocenters. The molecule has 2 rings (SSSR count). The maximum atomic E-state index is 12.7. The average molecular weight is 396 g/mol. The highest BCUT2D eigenvalue weighted by molar-refractivity contribution is 9.10. The smallest absolute Gasteiger partial charge is 0.196 e. The monoisotopic (exact) mass is 394 g/mol. The summed E-state index contributed by atoms with van der Waals surface area (Å²) in [5.74, 6) is -0.255. The number of hydrogen-bond donors (Lipinski definition) is 1. The Bertz CT molecular complexity index is 773. The van der Waals surface area contributed by atoms with Crippen molar-refractivity contribution < 1.29 is 4.79 Å². The Labute approximate surface area is 146 Å². The molecule has 2 N–H and O–H groups in total. The van der Waals surface area contributed by atoms with Gasteiger partial charge in [-0.15, -0.1) is 11.8 Å². The maximum Gasteiger partial charge on any atom is 0.196 e. The van der Waals surface area contributed by atoms with Crippen LogP contribution in [-0.2, 0) is 0 Å². The van der Waals surface area contributed by atoms with E-state index in [9.17, 15) is 10.1 Å². The van der Waals surface area contributed by atoms with Gasteiger partial charge in [0.25, 0.3) is 0 Å². The minimum absolute atomic E-state index is 0.255. The molecule has 0 heterocycles. The summed E-state index contributed by atoms with van der Waals surface area (Å²) in [4.78, 5) is 12.7. The van der Waals surface area contributed by atoms with E-state index < -0.39 is 5.25 Å². The summed E-state index contributed by atoms with van der Waals surface area (Å²) >= 11 is 10.8. The number of nitrogen functional groups attached to an aromatic ring is 1. The highest BCUT2D eigenvalue weighted by atomic mass is 79.9. The van der Waals surface area contributed by atoms with Crippen molar-refractivity contribution in [3.63, 3.8) is 0 Å². The first-order valence-electron chi connectivity index (χ1n) is 6.30. The van der Waals surface area contributed by atoms with Crippen molar-refractivity contribution >= 4 is 50.8 Å². The highest BCUT2D eigenvalue weighted by Crippen LogP contribution is 2.33. The van der Waals surface area contributed by atoms with Crippen molar-refractivity contribution in [2.45, 2.75) is 5.25 Å². The Morgan fingerprint density at radius 3 is 2.68 bits per heavy atom. The molecule has 0 aromatic heterocycles. The van der Waals surface area contributed by atoms with Crippen LogP contribution in [0.4, 0.5) is 5.69 Å². The van der Waals surface area contributed by atoms with Crippen LogP contribution >= 0.6 is 39.3 Å². The second-order valence-corrected chi connectivity index (χ2v) is 6.77. The van der Waals surface area contributed by atoms with Crippen molar-refractivity contribution in [1.29, 1.82) is 5.26 Å². The van der Waals surface area contributed by atoms with E-state index in [1.165, 1.54) is 11.8 Å². The molecule has 2 aromatic rings. The molecule has 0 aliphatic heterocycles. The number of para-hydroxylation sites is 1. The summed E-state index contributed by atoms with van der Waals surface area (Å²) in [7, 11) is 0. The number of benzene rings is 2. The summed E-state index contributed by atoms with van der Waals surface area (Å²) in [5.41, 5.74) is 7.83. The first-order chi connectivity index (χ1) is 10.5. The number of carbonyl (C=O) groups excluding carboxylic acids is 1. The van der Waals surface area contributed by atoms with Gasteiger partial charge in [-0.05, 0) is 30.5 Å². The maximum absolute atomic E-state index is 12.7. The number of ketones is 1. The van der Waals surface area contributed by atoms with Crippen LogP contribution in [0.5, 0.6) is 0 Å². The predicted octanol–water partition coefficient (Wildman–Crippen LogP) is 4.84. The van der Waals surface area contributed by atoms with E-state index in [1.54, 1.807) is 36.4 Å². The highest BCUT2D eigenvalue weighted by Gasteiger charge is 2.20. The Morgan fingerprint density at radius 1 is 1.36 bits per heavy atom. The molecule has 22 heavy (non-hydrogen) atoms. The van der Waals surface area contributed by atoms with Crippen molar-refractivity contribution in [2.24, 2.45) is 0 Å². The lowest BCUT2D eigenvalue weighted by Crippen LogP contribution is -2.09. The summed E-state index contributed by atoms with van der Waals surface area (Å²) < 4.78 is 0.794. The molecular formula is C16H12BrClN2OS. The van der Waals surface area contributed by atoms with Gasteiger partial charge in [0, 0.05) is 26.9 Å². The van der Waals surface area contributed by atoms with E-state index in [2.05, 4.69) is 22.0 Å². The second kappa shape index (κ2) is 7.19. The Balaban J connectivity index is 2.51. The van der Waals surface area contributed by atoms with Gasteiger partial charge in [0.15, 0.2) is 5.78 Å². The third-order valence-corrected chi connectivity index (χ3v) is 4.83. The Hall–Kier alpha value is -1.48. The molecule has 0 saturated heterocycles. The topological polar surface area (TPSA) is 66.9 Å². The minimum atomic E-state index is -0.409. The van der Waals surface area contributed by atoms with E-state index in [4.69, 9.17) is 17.3 Å². The van der Waals surface area contributed by atoms with Crippen molar-refractivity contribution in [2.75, 3.05) is 12.0 Å². The lowest BCUT2D eigenvalue weighted by atomic mass is 9.98. The third-order valence-electron chi connectivity index (χ3n) is 3.20. The minimum Gasteiger partial charge on any atom is -0.398 e. The first kappa shape index (κ1) is 16.9. The van der Waals surface area contributed by atoms with Crippen molar-refractivity contribution in [1.82, 2.24) is 0 Å². The molecular weight excluding hydrogens is 384 g/mol. The zero-order valence-corrected chi connectivity index (χ0v) is 14.8. The average Bonchev–Trinajstić information content (AvgIpc) is 2.49. The van der Waals surface area contributed by atoms with Gasteiger partial charge in [-0.2, -0.15) is 5.26 Å². The lowest BCUT2D eigenvalue weighted by molar-refractivity contribution is 0.103. The molecule has 0 amide bonds. The molecule has 6 heteroatoms. The molecule has 0 aliphatic rings. The number of halogens is 2. The van der Waals surface area contributed by atoms with Crippen LogP contribution < -0.4 is 5.73 Å². The van der Waals surface area contributed by atoms with E-state index in [-0.39, 0.29) is 5.78 Å². The zero-order chi connectivity index (χ0) is 16.3. The van der Waals surface area contributed by atoms with Crippen LogP contribution in [0.3, 0.4) is 0 Å². The number of anilines is 1. The van der Waals surface area contributed by atoms with Gasteiger partial charge < -0.3 is 5.73 Å². The zero-order valence-electron chi connectivity index (χ0n) is 11.6. The fraction of sp³-hybridized carbons (Fsp3) is 0.125. The molecule has 112 valence electrons. The van der Waals surface area contributed by atoms with E-state index >= 15 is 0 Å². The van der Waals surface area contributed by atoms with E-state index in [0.717, 1.165) is 4.47 Å². The van der Waals surface area contributed by atoms with Crippen LogP contribution in [0.15, 0.2) is 40.9 Å². The number of nitrogens with zero attached hydrogens (tertiary/aromatic N) is 1. The number of rotatable bonds is 4. The quantitative estimate of drug-likeness (QED) is 0.594. The normalized spacial score (nSPS) is 11.7. The third kappa shape index (κ3) is 3.30. The van der Waals surface area contributed by atoms with Crippen LogP contribution in [0.25, 0.3) is 0 Å². The number of nitriles is 1. The fourth-order valence-corrected chi connectivity index (χ4v) is 3.40. The fourth-order valence-electron chi connectivity index (χ4n) is 2.08. The van der Waals surface area contributed by atoms with Crippen LogP contribution in [0, 0.1) is 11.3 Å². The molecule has 2 aromatic carbocycles. The molecule has 0 bridgehead atoms. The van der Waals surface area contributed by atoms with Gasteiger partial charge in [0.05, 0.1) is 11.1 Å². The summed E-state index contributed by atoms with van der Waals surface area (Å²) in [5, 5.41) is 9.13. The number of thioether (sulfide) groups is 1. The Morgan fingerprint density at radius 2 is 2.09 bits per heavy atom. The number of carbonyl (C=O) groups is 1. The molecule has 0 saturated carbocycles. The molecule has 1 unspecified atom stereocenters. The molecule has 0 fully saturated rings. The van der Waals surface area contributed by atoms with E-state index in [1.807, 2.05) is 6.26 Å². The SMILES string of the molecule is CSC(C#N)c1cccc(C(=O)c2ccc(Br)cc2Cl)c1N. The number of hydrogen-bond acceptors (Lipinski definition) is 4. The summed E-state index contributed by atoms with van der Waals surface area (Å²) in [6.45, 7) is 0. The standard InChI is InChI=1S/C16H12BrClN2OS/c1-22-14(8-19)11-3-2-4-12(15(11)20)16(21)10-6-5-9(17)7-13(10)18/h2-7,14H,20H2,1H3. The van der Waals surface area contributed by atoms with Gasteiger partial charge in [-0.3, -0.25) is 4.79 Å². The van der Waals surface area contributed by atoms with Gasteiger partial charge in [0.1, 0.15) is 5.25 Å². The number of nitrogens with two attached hydrogens (primary N) is 1. The predicted molar refractivity (Wildman–Crippen MR) is 95.3 cm³/mol. The molecule has 3 nitrogen and oxygen atoms in total. The summed E-state index contributed by atoms with van der Waals surface area (Å²) in [6.07, 6.45) is 1.83.